The minimum Gasteiger partial charge on any atom is -0.467 e. The lowest BCUT2D eigenvalue weighted by Crippen LogP contribution is -2.37. The Morgan fingerprint density at radius 1 is 1.60 bits per heavy atom. The van der Waals surface area contributed by atoms with Gasteiger partial charge in [0.25, 0.3) is 0 Å². The second kappa shape index (κ2) is 3.93. The molecule has 1 heterocycles. The van der Waals surface area contributed by atoms with Gasteiger partial charge >= 0.3 is 12.1 Å². The molecule has 0 amide bonds. The van der Waals surface area contributed by atoms with Crippen LogP contribution in [0.5, 0.6) is 0 Å². The molecule has 0 aromatic heterocycles. The van der Waals surface area contributed by atoms with E-state index >= 15 is 0 Å². The molecule has 0 bridgehead atoms. The van der Waals surface area contributed by atoms with Gasteiger partial charge in [-0.15, -0.1) is 0 Å². The van der Waals surface area contributed by atoms with E-state index in [1.54, 1.807) is 0 Å². The molecule has 0 aliphatic carbocycles. The molecule has 0 spiro atoms. The Balaban J connectivity index is 2.84. The van der Waals surface area contributed by atoms with Crippen molar-refractivity contribution in [1.82, 2.24) is 5.06 Å². The number of hydrogen-bond donors (Lipinski definition) is 1. The summed E-state index contributed by atoms with van der Waals surface area (Å²) in [6.45, 7) is 0. The van der Waals surface area contributed by atoms with E-state index in [0.717, 1.165) is 13.2 Å². The predicted molar refractivity (Wildman–Crippen MR) is 42.7 cm³/mol. The van der Waals surface area contributed by atoms with Crippen LogP contribution in [0.25, 0.3) is 0 Å². The van der Waals surface area contributed by atoms with Crippen LogP contribution in [0.15, 0.2) is 23.9 Å². The molecule has 7 heteroatoms. The molecule has 1 atom stereocenters. The van der Waals surface area contributed by atoms with E-state index in [1.807, 2.05) is 0 Å². The van der Waals surface area contributed by atoms with E-state index in [2.05, 4.69) is 4.74 Å². The lowest BCUT2D eigenvalue weighted by molar-refractivity contribution is -0.158. The molecule has 0 aromatic carbocycles. The first-order valence-corrected chi connectivity index (χ1v) is 3.88. The summed E-state index contributed by atoms with van der Waals surface area (Å²) in [6, 6.07) is -1.24. The second-order valence-electron chi connectivity index (χ2n) is 2.79. The number of halogens is 3. The van der Waals surface area contributed by atoms with Crippen molar-refractivity contribution >= 4 is 5.97 Å². The molecule has 15 heavy (non-hydrogen) atoms. The van der Waals surface area contributed by atoms with Crippen LogP contribution in [-0.2, 0) is 9.53 Å². The standard InChI is InChI=1S/C8H8F3NO3/c1-15-7(13)6-3-2-5(4-12(6)14)8(9,10)11/h2-4,6,14H,1H3. The fraction of sp³-hybridized carbons (Fsp3) is 0.375. The number of alkyl halides is 3. The highest BCUT2D eigenvalue weighted by Gasteiger charge is 2.36. The summed E-state index contributed by atoms with van der Waals surface area (Å²) in [4.78, 5) is 10.9. The van der Waals surface area contributed by atoms with E-state index in [0.29, 0.717) is 12.3 Å². The zero-order valence-electron chi connectivity index (χ0n) is 7.65. The number of allylic oxidation sites excluding steroid dienone is 2. The minimum absolute atomic E-state index is 0.161. The Bertz CT molecular complexity index is 322. The third-order valence-corrected chi connectivity index (χ3v) is 1.78. The first kappa shape index (κ1) is 11.6. The van der Waals surface area contributed by atoms with Crippen LogP contribution < -0.4 is 0 Å². The molecular formula is C8H8F3NO3. The molecule has 1 rings (SSSR count). The van der Waals surface area contributed by atoms with Crippen molar-refractivity contribution in [2.75, 3.05) is 7.11 Å². The van der Waals surface area contributed by atoms with Gasteiger partial charge in [0.2, 0.25) is 0 Å². The minimum atomic E-state index is -4.56. The topological polar surface area (TPSA) is 49.8 Å². The summed E-state index contributed by atoms with van der Waals surface area (Å²) in [7, 11) is 1.08. The van der Waals surface area contributed by atoms with Crippen LogP contribution in [0.2, 0.25) is 0 Å². The number of ether oxygens (including phenoxy) is 1. The summed E-state index contributed by atoms with van der Waals surface area (Å²) in [6.07, 6.45) is -2.50. The Labute approximate surface area is 83.2 Å². The van der Waals surface area contributed by atoms with Crippen molar-refractivity contribution in [3.63, 3.8) is 0 Å². The Kier molecular flexibility index (Phi) is 3.04. The molecule has 0 saturated heterocycles. The lowest BCUT2D eigenvalue weighted by atomic mass is 10.1. The fourth-order valence-electron chi connectivity index (χ4n) is 1.02. The van der Waals surface area contributed by atoms with Crippen LogP contribution in [0.3, 0.4) is 0 Å². The monoisotopic (exact) mass is 223 g/mol. The Hall–Kier alpha value is -1.50. The number of rotatable bonds is 1. The van der Waals surface area contributed by atoms with Gasteiger partial charge in [-0.3, -0.25) is 5.21 Å². The normalized spacial score (nSPS) is 21.3. The molecule has 4 nitrogen and oxygen atoms in total. The highest BCUT2D eigenvalue weighted by molar-refractivity contribution is 5.78. The van der Waals surface area contributed by atoms with Gasteiger partial charge in [-0.05, 0) is 12.2 Å². The van der Waals surface area contributed by atoms with Gasteiger partial charge in [-0.2, -0.15) is 13.2 Å². The van der Waals surface area contributed by atoms with Crippen LogP contribution in [0.1, 0.15) is 0 Å². The number of carbonyl (C=O) groups excluding carboxylic acids is 1. The molecule has 0 saturated carbocycles. The zero-order chi connectivity index (χ0) is 11.6. The Morgan fingerprint density at radius 2 is 2.20 bits per heavy atom. The predicted octanol–water partition coefficient (Wildman–Crippen LogP) is 1.24. The van der Waals surface area contributed by atoms with Gasteiger partial charge in [-0.1, -0.05) is 0 Å². The highest BCUT2D eigenvalue weighted by Crippen LogP contribution is 2.29. The molecule has 1 unspecified atom stereocenters. The molecule has 1 aliphatic heterocycles. The number of nitrogens with zero attached hydrogens (tertiary/aromatic N) is 1. The summed E-state index contributed by atoms with van der Waals surface area (Å²) < 4.78 is 40.7. The molecule has 84 valence electrons. The van der Waals surface area contributed by atoms with Crippen molar-refractivity contribution in [3.8, 4) is 0 Å². The second-order valence-corrected chi connectivity index (χ2v) is 2.79. The number of methoxy groups -OCH3 is 1. The summed E-state index contributed by atoms with van der Waals surface area (Å²) in [5.41, 5.74) is -1.04. The smallest absolute Gasteiger partial charge is 0.417 e. The molecule has 0 radical (unpaired) electrons. The van der Waals surface area contributed by atoms with Crippen LogP contribution >= 0.6 is 0 Å². The van der Waals surface area contributed by atoms with E-state index < -0.39 is 23.8 Å². The summed E-state index contributed by atoms with van der Waals surface area (Å²) in [5.74, 6) is -0.841. The van der Waals surface area contributed by atoms with Crippen LogP contribution in [0, 0.1) is 0 Å². The molecular weight excluding hydrogens is 215 g/mol. The molecule has 0 fully saturated rings. The zero-order valence-corrected chi connectivity index (χ0v) is 7.65. The van der Waals surface area contributed by atoms with Crippen molar-refractivity contribution in [1.29, 1.82) is 0 Å². The van der Waals surface area contributed by atoms with E-state index in [9.17, 15) is 18.0 Å². The fourth-order valence-corrected chi connectivity index (χ4v) is 1.02. The van der Waals surface area contributed by atoms with Gasteiger partial charge < -0.3 is 4.74 Å². The van der Waals surface area contributed by atoms with Crippen LogP contribution in [0.4, 0.5) is 13.2 Å². The number of hydroxylamine groups is 2. The largest absolute Gasteiger partial charge is 0.467 e. The first-order chi connectivity index (χ1) is 6.86. The molecule has 1 aliphatic rings. The first-order valence-electron chi connectivity index (χ1n) is 3.88. The average Bonchev–Trinajstić information content (AvgIpc) is 2.15. The third kappa shape index (κ3) is 2.50. The molecule has 1 N–H and O–H groups in total. The van der Waals surface area contributed by atoms with Gasteiger partial charge in [-0.25, -0.2) is 9.86 Å². The quantitative estimate of drug-likeness (QED) is 0.679. The van der Waals surface area contributed by atoms with Gasteiger partial charge in [0.15, 0.2) is 6.04 Å². The van der Waals surface area contributed by atoms with E-state index in [4.69, 9.17) is 5.21 Å². The summed E-state index contributed by atoms with van der Waals surface area (Å²) >= 11 is 0. The van der Waals surface area contributed by atoms with Gasteiger partial charge in [0.05, 0.1) is 12.7 Å². The maximum absolute atomic E-state index is 12.2. The maximum Gasteiger partial charge on any atom is 0.417 e. The average molecular weight is 223 g/mol. The third-order valence-electron chi connectivity index (χ3n) is 1.78. The van der Waals surface area contributed by atoms with Crippen LogP contribution in [-0.4, -0.2) is 35.6 Å². The number of esters is 1. The Morgan fingerprint density at radius 3 is 2.60 bits per heavy atom. The summed E-state index contributed by atoms with van der Waals surface area (Å²) in [5, 5.41) is 9.27. The van der Waals surface area contributed by atoms with Crippen molar-refractivity contribution in [3.05, 3.63) is 23.9 Å². The van der Waals surface area contributed by atoms with Gasteiger partial charge in [0, 0.05) is 6.20 Å². The van der Waals surface area contributed by atoms with E-state index in [-0.39, 0.29) is 5.06 Å². The lowest BCUT2D eigenvalue weighted by Gasteiger charge is -2.24. The van der Waals surface area contributed by atoms with Crippen molar-refractivity contribution in [2.45, 2.75) is 12.2 Å². The number of carbonyl (C=O) groups is 1. The SMILES string of the molecule is COC(=O)C1C=CC(C(F)(F)F)=CN1O. The maximum atomic E-state index is 12.2. The van der Waals surface area contributed by atoms with Crippen molar-refractivity contribution < 1.29 is 27.9 Å². The molecule has 0 aromatic rings. The van der Waals surface area contributed by atoms with Gasteiger partial charge in [0.1, 0.15) is 0 Å². The highest BCUT2D eigenvalue weighted by atomic mass is 19.4. The van der Waals surface area contributed by atoms with Crippen molar-refractivity contribution in [2.24, 2.45) is 0 Å². The van der Waals surface area contributed by atoms with E-state index in [1.165, 1.54) is 0 Å². The number of hydrogen-bond acceptors (Lipinski definition) is 4.